The Morgan fingerprint density at radius 3 is 2.63 bits per heavy atom. The normalized spacial score (nSPS) is 39.6. The molecule has 0 radical (unpaired) electrons. The molecule has 0 spiro atoms. The minimum Gasteiger partial charge on any atom is -0.389 e. The third kappa shape index (κ3) is 3.71. The lowest BCUT2D eigenvalue weighted by Crippen LogP contribution is -2.50. The van der Waals surface area contributed by atoms with Gasteiger partial charge in [0.25, 0.3) is 0 Å². The smallest absolute Gasteiger partial charge is 0.0746 e. The van der Waals surface area contributed by atoms with Crippen LogP contribution in [0.15, 0.2) is 0 Å². The number of likely N-dealkylation sites (tertiary alicyclic amines) is 1. The summed E-state index contributed by atoms with van der Waals surface area (Å²) in [5.41, 5.74) is -0.0565. The van der Waals surface area contributed by atoms with Crippen molar-refractivity contribution in [3.8, 4) is 0 Å². The van der Waals surface area contributed by atoms with Crippen molar-refractivity contribution < 1.29 is 5.11 Å². The standard InChI is InChI=1S/C16H32N2O/c1-5-17-14-13(7-9-15(14,2)3)11-18-10-6-8-16(4,19)12-18/h13-14,17,19H,5-12H2,1-4H3. The Labute approximate surface area is 118 Å². The molecule has 2 aliphatic rings. The lowest BCUT2D eigenvalue weighted by Gasteiger charge is -2.40. The van der Waals surface area contributed by atoms with Gasteiger partial charge in [-0.2, -0.15) is 0 Å². The first kappa shape index (κ1) is 15.3. The fraction of sp³-hybridized carbons (Fsp3) is 1.00. The molecular formula is C16H32N2O. The number of β-amino-alcohol motifs (C(OH)–C–C–N with tert-alkyl or cyclic N) is 1. The summed E-state index contributed by atoms with van der Waals surface area (Å²) in [5.74, 6) is 0.740. The molecule has 3 heteroatoms. The van der Waals surface area contributed by atoms with Gasteiger partial charge >= 0.3 is 0 Å². The third-order valence-electron chi connectivity index (χ3n) is 5.14. The van der Waals surface area contributed by atoms with E-state index in [-0.39, 0.29) is 0 Å². The Bertz CT molecular complexity index is 301. The minimum atomic E-state index is -0.472. The van der Waals surface area contributed by atoms with Crippen molar-refractivity contribution in [3.05, 3.63) is 0 Å². The van der Waals surface area contributed by atoms with Gasteiger partial charge in [0.1, 0.15) is 0 Å². The molecule has 1 aliphatic heterocycles. The SMILES string of the molecule is CCNC1C(CN2CCCC(C)(O)C2)CCC1(C)C. The molecule has 3 atom stereocenters. The van der Waals surface area contributed by atoms with Crippen LogP contribution in [0.3, 0.4) is 0 Å². The van der Waals surface area contributed by atoms with Crippen molar-refractivity contribution >= 4 is 0 Å². The van der Waals surface area contributed by atoms with Crippen LogP contribution >= 0.6 is 0 Å². The number of nitrogens with one attached hydrogen (secondary N) is 1. The molecule has 2 rings (SSSR count). The molecule has 0 aromatic rings. The highest BCUT2D eigenvalue weighted by Crippen LogP contribution is 2.42. The molecule has 2 N–H and O–H groups in total. The van der Waals surface area contributed by atoms with Crippen molar-refractivity contribution in [2.75, 3.05) is 26.2 Å². The Morgan fingerprint density at radius 2 is 2.00 bits per heavy atom. The molecule has 112 valence electrons. The van der Waals surface area contributed by atoms with Gasteiger partial charge < -0.3 is 15.3 Å². The fourth-order valence-electron chi connectivity index (χ4n) is 4.19. The molecule has 0 aromatic heterocycles. The van der Waals surface area contributed by atoms with Gasteiger partial charge in [-0.05, 0) is 57.0 Å². The number of nitrogens with zero attached hydrogens (tertiary/aromatic N) is 1. The minimum absolute atomic E-state index is 0.416. The van der Waals surface area contributed by atoms with Crippen LogP contribution in [-0.2, 0) is 0 Å². The van der Waals surface area contributed by atoms with Crippen molar-refractivity contribution in [2.24, 2.45) is 11.3 Å². The number of aliphatic hydroxyl groups is 1. The van der Waals surface area contributed by atoms with Crippen molar-refractivity contribution in [2.45, 2.75) is 65.0 Å². The third-order valence-corrected chi connectivity index (χ3v) is 5.14. The predicted octanol–water partition coefficient (Wildman–Crippen LogP) is 2.25. The molecule has 2 fully saturated rings. The van der Waals surface area contributed by atoms with Crippen molar-refractivity contribution in [1.29, 1.82) is 0 Å². The summed E-state index contributed by atoms with van der Waals surface area (Å²) in [6.07, 6.45) is 4.73. The zero-order valence-electron chi connectivity index (χ0n) is 13.2. The van der Waals surface area contributed by atoms with E-state index in [2.05, 4.69) is 31.0 Å². The van der Waals surface area contributed by atoms with Crippen LogP contribution in [0, 0.1) is 11.3 Å². The Morgan fingerprint density at radius 1 is 1.26 bits per heavy atom. The molecule has 3 unspecified atom stereocenters. The second-order valence-corrected chi connectivity index (χ2v) is 7.66. The molecule has 1 saturated carbocycles. The summed E-state index contributed by atoms with van der Waals surface area (Å²) in [6, 6.07) is 0.629. The summed E-state index contributed by atoms with van der Waals surface area (Å²) in [5, 5.41) is 13.9. The van der Waals surface area contributed by atoms with Crippen molar-refractivity contribution in [1.82, 2.24) is 10.2 Å². The molecule has 1 saturated heterocycles. The molecule has 19 heavy (non-hydrogen) atoms. The highest BCUT2D eigenvalue weighted by atomic mass is 16.3. The monoisotopic (exact) mass is 268 g/mol. The van der Waals surface area contributed by atoms with Gasteiger partial charge in [0.15, 0.2) is 0 Å². The van der Waals surface area contributed by atoms with Gasteiger partial charge in [-0.3, -0.25) is 0 Å². The maximum atomic E-state index is 10.2. The van der Waals surface area contributed by atoms with E-state index in [4.69, 9.17) is 0 Å². The maximum absolute atomic E-state index is 10.2. The summed E-state index contributed by atoms with van der Waals surface area (Å²) >= 11 is 0. The molecule has 0 bridgehead atoms. The highest BCUT2D eigenvalue weighted by molar-refractivity contribution is 4.97. The van der Waals surface area contributed by atoms with Crippen LogP contribution in [-0.4, -0.2) is 47.8 Å². The largest absolute Gasteiger partial charge is 0.389 e. The number of piperidine rings is 1. The molecule has 0 aromatic carbocycles. The molecule has 1 heterocycles. The van der Waals surface area contributed by atoms with Gasteiger partial charge in [-0.15, -0.1) is 0 Å². The van der Waals surface area contributed by atoms with Crippen LogP contribution < -0.4 is 5.32 Å². The van der Waals surface area contributed by atoms with E-state index in [1.54, 1.807) is 0 Å². The van der Waals surface area contributed by atoms with Gasteiger partial charge in [0, 0.05) is 19.1 Å². The van der Waals surface area contributed by atoms with E-state index in [1.165, 1.54) is 12.8 Å². The van der Waals surface area contributed by atoms with E-state index in [0.717, 1.165) is 44.9 Å². The second kappa shape index (κ2) is 5.71. The van der Waals surface area contributed by atoms with E-state index < -0.39 is 5.60 Å². The Balaban J connectivity index is 1.94. The Hall–Kier alpha value is -0.120. The summed E-state index contributed by atoms with van der Waals surface area (Å²) in [6.45, 7) is 13.2. The van der Waals surface area contributed by atoms with Gasteiger partial charge in [0.05, 0.1) is 5.60 Å². The number of rotatable bonds is 4. The van der Waals surface area contributed by atoms with Gasteiger partial charge in [-0.25, -0.2) is 0 Å². The van der Waals surface area contributed by atoms with Crippen molar-refractivity contribution in [3.63, 3.8) is 0 Å². The first-order valence-corrected chi connectivity index (χ1v) is 8.02. The van der Waals surface area contributed by atoms with Crippen LogP contribution in [0.4, 0.5) is 0 Å². The average Bonchev–Trinajstić information content (AvgIpc) is 2.56. The predicted molar refractivity (Wildman–Crippen MR) is 80.3 cm³/mol. The van der Waals surface area contributed by atoms with Crippen LogP contribution in [0.1, 0.15) is 53.4 Å². The summed E-state index contributed by atoms with van der Waals surface area (Å²) < 4.78 is 0. The first-order valence-electron chi connectivity index (χ1n) is 8.02. The maximum Gasteiger partial charge on any atom is 0.0746 e. The fourth-order valence-corrected chi connectivity index (χ4v) is 4.19. The van der Waals surface area contributed by atoms with Gasteiger partial charge in [-0.1, -0.05) is 20.8 Å². The highest BCUT2D eigenvalue weighted by Gasteiger charge is 2.42. The van der Waals surface area contributed by atoms with E-state index >= 15 is 0 Å². The van der Waals surface area contributed by atoms with E-state index in [9.17, 15) is 5.11 Å². The topological polar surface area (TPSA) is 35.5 Å². The second-order valence-electron chi connectivity index (χ2n) is 7.66. The Kier molecular flexibility index (Phi) is 4.59. The molecule has 3 nitrogen and oxygen atoms in total. The first-order chi connectivity index (χ1) is 8.84. The van der Waals surface area contributed by atoms with Crippen LogP contribution in [0.25, 0.3) is 0 Å². The average molecular weight is 268 g/mol. The summed E-state index contributed by atoms with van der Waals surface area (Å²) in [7, 11) is 0. The molecule has 1 aliphatic carbocycles. The molecule has 0 amide bonds. The lowest BCUT2D eigenvalue weighted by atomic mass is 9.84. The lowest BCUT2D eigenvalue weighted by molar-refractivity contribution is -0.0213. The number of hydrogen-bond donors (Lipinski definition) is 2. The van der Waals surface area contributed by atoms with Crippen LogP contribution in [0.2, 0.25) is 0 Å². The van der Waals surface area contributed by atoms with E-state index in [0.29, 0.717) is 11.5 Å². The van der Waals surface area contributed by atoms with Gasteiger partial charge in [0.2, 0.25) is 0 Å². The number of hydrogen-bond acceptors (Lipinski definition) is 3. The zero-order chi connectivity index (χ0) is 14.1. The quantitative estimate of drug-likeness (QED) is 0.821. The van der Waals surface area contributed by atoms with E-state index in [1.807, 2.05) is 6.92 Å². The molecular weight excluding hydrogens is 236 g/mol. The van der Waals surface area contributed by atoms with Crippen LogP contribution in [0.5, 0.6) is 0 Å². The zero-order valence-corrected chi connectivity index (χ0v) is 13.2. The summed E-state index contributed by atoms with van der Waals surface area (Å²) in [4.78, 5) is 2.49.